The molecule has 1 amide bonds. The van der Waals surface area contributed by atoms with E-state index >= 15 is 0 Å². The number of carbonyl (C=O) groups is 1. The van der Waals surface area contributed by atoms with Crippen molar-refractivity contribution in [2.45, 2.75) is 6.54 Å². The van der Waals surface area contributed by atoms with Crippen molar-refractivity contribution in [2.75, 3.05) is 26.0 Å². The van der Waals surface area contributed by atoms with Gasteiger partial charge in [0, 0.05) is 17.3 Å². The van der Waals surface area contributed by atoms with Gasteiger partial charge in [-0.3, -0.25) is 4.79 Å². The van der Waals surface area contributed by atoms with Crippen LogP contribution in [0.3, 0.4) is 0 Å². The van der Waals surface area contributed by atoms with E-state index in [1.165, 1.54) is 5.56 Å². The topological polar surface area (TPSA) is 42.8 Å². The highest BCUT2D eigenvalue weighted by Gasteiger charge is 2.11. The minimum Gasteiger partial charge on any atom is -0.497 e. The summed E-state index contributed by atoms with van der Waals surface area (Å²) in [5.74, 6) is 0.731. The van der Waals surface area contributed by atoms with E-state index < -0.39 is 0 Å². The van der Waals surface area contributed by atoms with Gasteiger partial charge < -0.3 is 15.0 Å². The van der Waals surface area contributed by atoms with Crippen molar-refractivity contribution < 1.29 is 14.4 Å². The lowest BCUT2D eigenvalue weighted by Gasteiger charge is -2.14. The second kappa shape index (κ2) is 7.45. The van der Waals surface area contributed by atoms with Crippen molar-refractivity contribution in [3.8, 4) is 5.75 Å². The minimum atomic E-state index is -0.00307. The molecular formula is C17H21N2O2+. The third-order valence-corrected chi connectivity index (χ3v) is 3.16. The van der Waals surface area contributed by atoms with E-state index in [-0.39, 0.29) is 5.91 Å². The molecule has 0 fully saturated rings. The monoisotopic (exact) mass is 285 g/mol. The molecule has 0 aliphatic carbocycles. The smallest absolute Gasteiger partial charge is 0.279 e. The molecule has 0 bridgehead atoms. The summed E-state index contributed by atoms with van der Waals surface area (Å²) in [5, 5.41) is 2.89. The van der Waals surface area contributed by atoms with Gasteiger partial charge in [-0.05, 0) is 12.1 Å². The van der Waals surface area contributed by atoms with Crippen LogP contribution in [-0.4, -0.2) is 26.6 Å². The maximum absolute atomic E-state index is 12.0. The number of rotatable bonds is 6. The summed E-state index contributed by atoms with van der Waals surface area (Å²) in [6, 6.07) is 17.5. The highest BCUT2D eigenvalue weighted by atomic mass is 16.5. The van der Waals surface area contributed by atoms with Crippen LogP contribution in [-0.2, 0) is 11.3 Å². The van der Waals surface area contributed by atoms with Crippen molar-refractivity contribution >= 4 is 11.6 Å². The molecule has 0 aliphatic rings. The van der Waals surface area contributed by atoms with Gasteiger partial charge in [0.15, 0.2) is 6.54 Å². The van der Waals surface area contributed by atoms with Gasteiger partial charge in [0.05, 0.1) is 14.2 Å². The molecule has 0 aliphatic heterocycles. The zero-order chi connectivity index (χ0) is 15.1. The molecule has 2 aromatic rings. The molecule has 0 saturated carbocycles. The van der Waals surface area contributed by atoms with Crippen molar-refractivity contribution in [1.29, 1.82) is 0 Å². The number of methoxy groups -OCH3 is 1. The number of benzene rings is 2. The summed E-state index contributed by atoms with van der Waals surface area (Å²) in [6.45, 7) is 1.25. The fraction of sp³-hybridized carbons (Fsp3) is 0.235. The van der Waals surface area contributed by atoms with Crippen LogP contribution in [0.1, 0.15) is 5.56 Å². The van der Waals surface area contributed by atoms with Crippen LogP contribution >= 0.6 is 0 Å². The lowest BCUT2D eigenvalue weighted by molar-refractivity contribution is -0.885. The summed E-state index contributed by atoms with van der Waals surface area (Å²) in [4.78, 5) is 13.2. The van der Waals surface area contributed by atoms with Gasteiger partial charge in [-0.1, -0.05) is 36.4 Å². The third kappa shape index (κ3) is 4.93. The van der Waals surface area contributed by atoms with Crippen LogP contribution in [0, 0.1) is 0 Å². The first-order chi connectivity index (χ1) is 10.2. The maximum atomic E-state index is 12.0. The number of hydrogen-bond acceptors (Lipinski definition) is 2. The molecule has 2 aromatic carbocycles. The molecular weight excluding hydrogens is 264 g/mol. The number of anilines is 1. The van der Waals surface area contributed by atoms with E-state index in [9.17, 15) is 4.79 Å². The van der Waals surface area contributed by atoms with E-state index in [0.29, 0.717) is 6.54 Å². The fourth-order valence-electron chi connectivity index (χ4n) is 2.19. The fourth-order valence-corrected chi connectivity index (χ4v) is 2.19. The summed E-state index contributed by atoms with van der Waals surface area (Å²) >= 11 is 0. The van der Waals surface area contributed by atoms with E-state index in [1.807, 2.05) is 49.5 Å². The summed E-state index contributed by atoms with van der Waals surface area (Å²) in [6.07, 6.45) is 0. The lowest BCUT2D eigenvalue weighted by atomic mass is 10.2. The predicted molar refractivity (Wildman–Crippen MR) is 83.5 cm³/mol. The quantitative estimate of drug-likeness (QED) is 0.841. The van der Waals surface area contributed by atoms with Crippen molar-refractivity contribution in [3.05, 3.63) is 60.2 Å². The van der Waals surface area contributed by atoms with Gasteiger partial charge in [0.2, 0.25) is 0 Å². The number of ether oxygens (including phenoxy) is 1. The Hall–Kier alpha value is -2.33. The van der Waals surface area contributed by atoms with Crippen LogP contribution in [0.25, 0.3) is 0 Å². The first-order valence-electron chi connectivity index (χ1n) is 6.96. The number of likely N-dealkylation sites (N-methyl/N-ethyl adjacent to an activating group) is 1. The Kier molecular flexibility index (Phi) is 5.35. The van der Waals surface area contributed by atoms with Gasteiger partial charge in [0.25, 0.3) is 5.91 Å². The van der Waals surface area contributed by atoms with Crippen molar-refractivity contribution in [2.24, 2.45) is 0 Å². The molecule has 1 atom stereocenters. The predicted octanol–water partition coefficient (Wildman–Crippen LogP) is 1.35. The molecule has 0 radical (unpaired) electrons. The number of carbonyl (C=O) groups excluding carboxylic acids is 1. The van der Waals surface area contributed by atoms with Crippen LogP contribution in [0.4, 0.5) is 5.69 Å². The Morgan fingerprint density at radius 3 is 2.62 bits per heavy atom. The van der Waals surface area contributed by atoms with Crippen LogP contribution in [0.2, 0.25) is 0 Å². The van der Waals surface area contributed by atoms with Gasteiger partial charge in [0.1, 0.15) is 12.3 Å². The first-order valence-corrected chi connectivity index (χ1v) is 6.96. The molecule has 0 spiro atoms. The molecule has 2 N–H and O–H groups in total. The van der Waals surface area contributed by atoms with E-state index in [1.54, 1.807) is 7.11 Å². The molecule has 0 aromatic heterocycles. The summed E-state index contributed by atoms with van der Waals surface area (Å²) < 4.78 is 5.14. The first kappa shape index (κ1) is 15.1. The number of nitrogens with one attached hydrogen (secondary N) is 2. The van der Waals surface area contributed by atoms with Gasteiger partial charge >= 0.3 is 0 Å². The Morgan fingerprint density at radius 1 is 1.14 bits per heavy atom. The largest absolute Gasteiger partial charge is 0.497 e. The van der Waals surface area contributed by atoms with Gasteiger partial charge in [-0.2, -0.15) is 0 Å². The Balaban J connectivity index is 1.86. The van der Waals surface area contributed by atoms with Crippen LogP contribution in [0.5, 0.6) is 5.75 Å². The van der Waals surface area contributed by atoms with Crippen LogP contribution < -0.4 is 15.0 Å². The molecule has 4 heteroatoms. The Bertz CT molecular complexity index is 584. The highest BCUT2D eigenvalue weighted by Crippen LogP contribution is 2.16. The van der Waals surface area contributed by atoms with E-state index in [4.69, 9.17) is 4.74 Å². The lowest BCUT2D eigenvalue weighted by Crippen LogP contribution is -3.08. The average molecular weight is 285 g/mol. The van der Waals surface area contributed by atoms with Gasteiger partial charge in [-0.15, -0.1) is 0 Å². The van der Waals surface area contributed by atoms with Crippen LogP contribution in [0.15, 0.2) is 54.6 Å². The Labute approximate surface area is 125 Å². The normalized spacial score (nSPS) is 11.7. The molecule has 0 saturated heterocycles. The SMILES string of the molecule is COc1cccc(NC(=O)C[NH+](C)Cc2ccccc2)c1. The highest BCUT2D eigenvalue weighted by molar-refractivity contribution is 5.91. The number of quaternary nitrogens is 1. The zero-order valence-electron chi connectivity index (χ0n) is 12.4. The van der Waals surface area contributed by atoms with E-state index in [2.05, 4.69) is 17.4 Å². The summed E-state index contributed by atoms with van der Waals surface area (Å²) in [7, 11) is 3.62. The second-order valence-electron chi connectivity index (χ2n) is 5.08. The molecule has 4 nitrogen and oxygen atoms in total. The maximum Gasteiger partial charge on any atom is 0.279 e. The Morgan fingerprint density at radius 2 is 1.90 bits per heavy atom. The van der Waals surface area contributed by atoms with Crippen molar-refractivity contribution in [3.63, 3.8) is 0 Å². The van der Waals surface area contributed by atoms with Crippen molar-refractivity contribution in [1.82, 2.24) is 0 Å². The van der Waals surface area contributed by atoms with E-state index in [0.717, 1.165) is 22.9 Å². The molecule has 2 rings (SSSR count). The standard InChI is InChI=1S/C17H20N2O2/c1-19(12-14-7-4-3-5-8-14)13-17(20)18-15-9-6-10-16(11-15)21-2/h3-11H,12-13H2,1-2H3,(H,18,20)/p+1. The second-order valence-corrected chi connectivity index (χ2v) is 5.08. The molecule has 1 unspecified atom stereocenters. The number of hydrogen-bond donors (Lipinski definition) is 2. The average Bonchev–Trinajstić information content (AvgIpc) is 2.48. The molecule has 110 valence electrons. The molecule has 0 heterocycles. The third-order valence-electron chi connectivity index (χ3n) is 3.16. The number of amides is 1. The minimum absolute atomic E-state index is 0.00307. The zero-order valence-corrected chi connectivity index (χ0v) is 12.4. The molecule has 21 heavy (non-hydrogen) atoms. The summed E-state index contributed by atoms with van der Waals surface area (Å²) in [5.41, 5.74) is 1.98. The van der Waals surface area contributed by atoms with Gasteiger partial charge in [-0.25, -0.2) is 0 Å².